The lowest BCUT2D eigenvalue weighted by atomic mass is 9.86. The second-order valence-corrected chi connectivity index (χ2v) is 7.54. The van der Waals surface area contributed by atoms with Gasteiger partial charge in [0, 0.05) is 29.2 Å². The standard InChI is InChI=1S/C16H24Cl2N2/c1-16(2,3)15-11-20(8-4-7-19-15)10-12-9-13(17)5-6-14(12)18/h5-6,9,15,19H,4,7-8,10-11H2,1-3H3. The third-order valence-corrected chi connectivity index (χ3v) is 4.53. The highest BCUT2D eigenvalue weighted by molar-refractivity contribution is 6.33. The Balaban J connectivity index is 2.09. The molecule has 112 valence electrons. The van der Waals surface area contributed by atoms with Crippen molar-refractivity contribution in [3.05, 3.63) is 33.8 Å². The van der Waals surface area contributed by atoms with Crippen molar-refractivity contribution in [2.75, 3.05) is 19.6 Å². The quantitative estimate of drug-likeness (QED) is 0.880. The molecule has 4 heteroatoms. The molecular weight excluding hydrogens is 291 g/mol. The zero-order valence-corrected chi connectivity index (χ0v) is 14.1. The third-order valence-electron chi connectivity index (χ3n) is 3.93. The van der Waals surface area contributed by atoms with Crippen LogP contribution in [0.5, 0.6) is 0 Å². The van der Waals surface area contributed by atoms with Gasteiger partial charge in [0.25, 0.3) is 0 Å². The number of hydrogen-bond acceptors (Lipinski definition) is 2. The highest BCUT2D eigenvalue weighted by Gasteiger charge is 2.28. The first-order valence-corrected chi connectivity index (χ1v) is 8.01. The van der Waals surface area contributed by atoms with Crippen molar-refractivity contribution in [2.45, 2.75) is 39.8 Å². The normalized spacial score (nSPS) is 21.8. The maximum absolute atomic E-state index is 6.28. The lowest BCUT2D eigenvalue weighted by molar-refractivity contribution is 0.192. The predicted octanol–water partition coefficient (Wildman–Crippen LogP) is 4.20. The molecule has 1 atom stereocenters. The molecule has 1 aromatic rings. The Morgan fingerprint density at radius 1 is 1.30 bits per heavy atom. The fourth-order valence-electron chi connectivity index (χ4n) is 2.62. The Morgan fingerprint density at radius 2 is 2.05 bits per heavy atom. The van der Waals surface area contributed by atoms with E-state index in [0.717, 1.165) is 41.8 Å². The van der Waals surface area contributed by atoms with Crippen molar-refractivity contribution in [3.8, 4) is 0 Å². The Bertz CT molecular complexity index is 454. The van der Waals surface area contributed by atoms with Crippen molar-refractivity contribution in [1.82, 2.24) is 10.2 Å². The third kappa shape index (κ3) is 4.36. The first-order valence-electron chi connectivity index (χ1n) is 7.26. The van der Waals surface area contributed by atoms with Gasteiger partial charge in [-0.2, -0.15) is 0 Å². The van der Waals surface area contributed by atoms with Crippen molar-refractivity contribution in [1.29, 1.82) is 0 Å². The van der Waals surface area contributed by atoms with Crippen LogP contribution in [0.2, 0.25) is 10.0 Å². The molecule has 0 amide bonds. The summed E-state index contributed by atoms with van der Waals surface area (Å²) in [6.45, 7) is 11.0. The van der Waals surface area contributed by atoms with Gasteiger partial charge in [0.2, 0.25) is 0 Å². The molecule has 20 heavy (non-hydrogen) atoms. The second-order valence-electron chi connectivity index (χ2n) is 6.70. The van der Waals surface area contributed by atoms with Gasteiger partial charge >= 0.3 is 0 Å². The highest BCUT2D eigenvalue weighted by Crippen LogP contribution is 2.25. The molecule has 1 unspecified atom stereocenters. The number of benzene rings is 1. The van der Waals surface area contributed by atoms with E-state index in [9.17, 15) is 0 Å². The highest BCUT2D eigenvalue weighted by atomic mass is 35.5. The van der Waals surface area contributed by atoms with Gasteiger partial charge in [-0.3, -0.25) is 4.90 Å². The number of rotatable bonds is 2. The molecule has 0 saturated carbocycles. The van der Waals surface area contributed by atoms with Crippen molar-refractivity contribution < 1.29 is 0 Å². The van der Waals surface area contributed by atoms with Crippen molar-refractivity contribution >= 4 is 23.2 Å². The number of nitrogens with one attached hydrogen (secondary N) is 1. The SMILES string of the molecule is CC(C)(C)C1CN(Cc2cc(Cl)ccc2Cl)CCCN1. The molecule has 1 aliphatic heterocycles. The van der Waals surface area contributed by atoms with E-state index in [1.54, 1.807) is 0 Å². The number of halogens is 2. The molecule has 0 bridgehead atoms. The average Bonchev–Trinajstić information content (AvgIpc) is 2.59. The largest absolute Gasteiger partial charge is 0.312 e. The predicted molar refractivity (Wildman–Crippen MR) is 87.6 cm³/mol. The smallest absolute Gasteiger partial charge is 0.0452 e. The maximum atomic E-state index is 6.28. The fraction of sp³-hybridized carbons (Fsp3) is 0.625. The minimum absolute atomic E-state index is 0.265. The van der Waals surface area contributed by atoms with E-state index in [1.165, 1.54) is 6.42 Å². The molecule has 0 aromatic heterocycles. The summed E-state index contributed by atoms with van der Waals surface area (Å²) in [6, 6.07) is 6.21. The van der Waals surface area contributed by atoms with Crippen LogP contribution in [-0.2, 0) is 6.54 Å². The van der Waals surface area contributed by atoms with Crippen LogP contribution in [0.3, 0.4) is 0 Å². The number of nitrogens with zero attached hydrogens (tertiary/aromatic N) is 1. The summed E-state index contributed by atoms with van der Waals surface area (Å²) in [7, 11) is 0. The maximum Gasteiger partial charge on any atom is 0.0452 e. The molecule has 2 rings (SSSR count). The first kappa shape index (κ1) is 16.1. The molecule has 1 N–H and O–H groups in total. The molecule has 1 heterocycles. The van der Waals surface area contributed by atoms with Crippen molar-refractivity contribution in [2.24, 2.45) is 5.41 Å². The van der Waals surface area contributed by atoms with Gasteiger partial charge in [-0.05, 0) is 48.7 Å². The lowest BCUT2D eigenvalue weighted by Crippen LogP contribution is -2.46. The Kier molecular flexibility index (Phi) is 5.36. The van der Waals surface area contributed by atoms with E-state index < -0.39 is 0 Å². The van der Waals surface area contributed by atoms with Gasteiger partial charge in [-0.25, -0.2) is 0 Å². The van der Waals surface area contributed by atoms with E-state index in [2.05, 4.69) is 31.0 Å². The topological polar surface area (TPSA) is 15.3 Å². The van der Waals surface area contributed by atoms with Crippen LogP contribution >= 0.6 is 23.2 Å². The van der Waals surface area contributed by atoms with E-state index in [0.29, 0.717) is 6.04 Å². The van der Waals surface area contributed by atoms with Crippen LogP contribution in [0.25, 0.3) is 0 Å². The molecule has 0 spiro atoms. The summed E-state index contributed by atoms with van der Waals surface area (Å²) in [5.74, 6) is 0. The van der Waals surface area contributed by atoms with Gasteiger partial charge in [-0.15, -0.1) is 0 Å². The molecule has 1 saturated heterocycles. The summed E-state index contributed by atoms with van der Waals surface area (Å²) < 4.78 is 0. The minimum atomic E-state index is 0.265. The zero-order valence-electron chi connectivity index (χ0n) is 12.5. The summed E-state index contributed by atoms with van der Waals surface area (Å²) >= 11 is 12.4. The van der Waals surface area contributed by atoms with Crippen LogP contribution in [0, 0.1) is 5.41 Å². The van der Waals surface area contributed by atoms with Crippen LogP contribution in [0.15, 0.2) is 18.2 Å². The van der Waals surface area contributed by atoms with Gasteiger partial charge < -0.3 is 5.32 Å². The average molecular weight is 315 g/mol. The molecule has 2 nitrogen and oxygen atoms in total. The lowest BCUT2D eigenvalue weighted by Gasteiger charge is -2.33. The van der Waals surface area contributed by atoms with Crippen LogP contribution < -0.4 is 5.32 Å². The fourth-order valence-corrected chi connectivity index (χ4v) is 2.99. The zero-order chi connectivity index (χ0) is 14.8. The summed E-state index contributed by atoms with van der Waals surface area (Å²) in [6.07, 6.45) is 1.17. The van der Waals surface area contributed by atoms with Gasteiger partial charge in [0.15, 0.2) is 0 Å². The summed E-state index contributed by atoms with van der Waals surface area (Å²) in [5.41, 5.74) is 1.38. The Labute approximate surface area is 132 Å². The minimum Gasteiger partial charge on any atom is -0.312 e. The summed E-state index contributed by atoms with van der Waals surface area (Å²) in [5, 5.41) is 5.22. The molecule has 1 aromatic carbocycles. The Hall–Kier alpha value is -0.280. The second kappa shape index (κ2) is 6.65. The number of hydrogen-bond donors (Lipinski definition) is 1. The van der Waals surface area contributed by atoms with E-state index in [1.807, 2.05) is 18.2 Å². The molecular formula is C16H24Cl2N2. The van der Waals surface area contributed by atoms with Crippen LogP contribution in [-0.4, -0.2) is 30.6 Å². The van der Waals surface area contributed by atoms with E-state index >= 15 is 0 Å². The monoisotopic (exact) mass is 314 g/mol. The molecule has 1 aliphatic rings. The first-order chi connectivity index (χ1) is 9.36. The van der Waals surface area contributed by atoms with Gasteiger partial charge in [0.1, 0.15) is 0 Å². The summed E-state index contributed by atoms with van der Waals surface area (Å²) in [4.78, 5) is 2.48. The molecule has 0 aliphatic carbocycles. The van der Waals surface area contributed by atoms with Crippen LogP contribution in [0.4, 0.5) is 0 Å². The van der Waals surface area contributed by atoms with Gasteiger partial charge in [0.05, 0.1) is 0 Å². The molecule has 1 fully saturated rings. The molecule has 0 radical (unpaired) electrons. The van der Waals surface area contributed by atoms with Gasteiger partial charge in [-0.1, -0.05) is 44.0 Å². The van der Waals surface area contributed by atoms with Crippen molar-refractivity contribution in [3.63, 3.8) is 0 Å². The van der Waals surface area contributed by atoms with E-state index in [-0.39, 0.29) is 5.41 Å². The van der Waals surface area contributed by atoms with E-state index in [4.69, 9.17) is 23.2 Å². The Morgan fingerprint density at radius 3 is 2.75 bits per heavy atom. The van der Waals surface area contributed by atoms with Crippen LogP contribution in [0.1, 0.15) is 32.8 Å².